The van der Waals surface area contributed by atoms with Crippen LogP contribution in [0.15, 0.2) is 28.8 Å². The number of ether oxygens (including phenoxy) is 1. The summed E-state index contributed by atoms with van der Waals surface area (Å²) in [7, 11) is 0. The van der Waals surface area contributed by atoms with E-state index >= 15 is 0 Å². The lowest BCUT2D eigenvalue weighted by atomic mass is 9.89. The summed E-state index contributed by atoms with van der Waals surface area (Å²) in [6.07, 6.45) is 5.06. The normalized spacial score (nSPS) is 16.5. The molecule has 1 aromatic carbocycles. The van der Waals surface area contributed by atoms with Crippen molar-refractivity contribution in [2.45, 2.75) is 46.0 Å². The predicted octanol–water partition coefficient (Wildman–Crippen LogP) is 4.23. The third-order valence-corrected chi connectivity index (χ3v) is 4.41. The van der Waals surface area contributed by atoms with Crippen LogP contribution in [-0.2, 0) is 12.8 Å². The molecular formula is C19H24N2O3. The molecule has 1 aliphatic rings. The number of carbonyl (C=O) groups is 1. The van der Waals surface area contributed by atoms with Gasteiger partial charge in [-0.05, 0) is 55.9 Å². The fraction of sp³-hybridized carbons (Fsp3) is 0.474. The standard InChI is InChI=1S/C19H24N2O3/c1-3-4-11-23-15-8-6-14(7-9-15)18(22)20-19-16-12-13(2)5-10-17(16)21-24-19/h6-9,13H,3-5,10-12H2,1-2H3,(H,20,22)/t13-/m1/s1. The summed E-state index contributed by atoms with van der Waals surface area (Å²) in [6.45, 7) is 5.03. The number of aryl methyl sites for hydroxylation is 1. The predicted molar refractivity (Wildman–Crippen MR) is 92.5 cm³/mol. The third-order valence-electron chi connectivity index (χ3n) is 4.41. The molecule has 1 amide bonds. The second-order valence-corrected chi connectivity index (χ2v) is 6.47. The van der Waals surface area contributed by atoms with E-state index in [9.17, 15) is 4.79 Å². The van der Waals surface area contributed by atoms with Crippen LogP contribution in [0.3, 0.4) is 0 Å². The molecule has 0 saturated heterocycles. The highest BCUT2D eigenvalue weighted by Gasteiger charge is 2.24. The Balaban J connectivity index is 1.64. The Morgan fingerprint density at radius 2 is 2.17 bits per heavy atom. The zero-order valence-corrected chi connectivity index (χ0v) is 14.3. The van der Waals surface area contributed by atoms with Crippen LogP contribution in [0.4, 0.5) is 5.88 Å². The minimum atomic E-state index is -0.188. The van der Waals surface area contributed by atoms with Gasteiger partial charge in [0.05, 0.1) is 12.3 Å². The summed E-state index contributed by atoms with van der Waals surface area (Å²) in [6, 6.07) is 7.18. The van der Waals surface area contributed by atoms with Crippen LogP contribution in [0.2, 0.25) is 0 Å². The maximum atomic E-state index is 12.4. The fourth-order valence-corrected chi connectivity index (χ4v) is 2.89. The Labute approximate surface area is 142 Å². The van der Waals surface area contributed by atoms with Crippen LogP contribution in [0, 0.1) is 5.92 Å². The van der Waals surface area contributed by atoms with Crippen molar-refractivity contribution in [1.29, 1.82) is 0 Å². The Bertz CT molecular complexity index is 691. The lowest BCUT2D eigenvalue weighted by Gasteiger charge is -2.16. The molecule has 1 heterocycles. The molecule has 5 heteroatoms. The first kappa shape index (κ1) is 16.6. The van der Waals surface area contributed by atoms with Gasteiger partial charge in [0.25, 0.3) is 5.91 Å². The van der Waals surface area contributed by atoms with E-state index in [-0.39, 0.29) is 5.91 Å². The van der Waals surface area contributed by atoms with Gasteiger partial charge in [-0.2, -0.15) is 0 Å². The molecular weight excluding hydrogens is 304 g/mol. The zero-order chi connectivity index (χ0) is 16.9. The van der Waals surface area contributed by atoms with Crippen molar-refractivity contribution in [3.05, 3.63) is 41.1 Å². The Morgan fingerprint density at radius 1 is 1.38 bits per heavy atom. The highest BCUT2D eigenvalue weighted by Crippen LogP contribution is 2.30. The smallest absolute Gasteiger partial charge is 0.258 e. The quantitative estimate of drug-likeness (QED) is 0.806. The van der Waals surface area contributed by atoms with Gasteiger partial charge in [0.2, 0.25) is 5.88 Å². The van der Waals surface area contributed by atoms with Crippen molar-refractivity contribution < 1.29 is 14.1 Å². The van der Waals surface area contributed by atoms with Crippen LogP contribution < -0.4 is 10.1 Å². The number of nitrogens with one attached hydrogen (secondary N) is 1. The van der Waals surface area contributed by atoms with E-state index in [0.29, 0.717) is 24.0 Å². The minimum Gasteiger partial charge on any atom is -0.494 e. The van der Waals surface area contributed by atoms with Gasteiger partial charge in [-0.1, -0.05) is 25.4 Å². The van der Waals surface area contributed by atoms with Crippen LogP contribution in [0.5, 0.6) is 5.75 Å². The number of carbonyl (C=O) groups excluding carboxylic acids is 1. The van der Waals surface area contributed by atoms with Gasteiger partial charge in [0.15, 0.2) is 0 Å². The van der Waals surface area contributed by atoms with Gasteiger partial charge in [0, 0.05) is 11.1 Å². The fourth-order valence-electron chi connectivity index (χ4n) is 2.89. The topological polar surface area (TPSA) is 64.4 Å². The summed E-state index contributed by atoms with van der Waals surface area (Å²) in [5.74, 6) is 1.68. The molecule has 3 rings (SSSR count). The number of aromatic nitrogens is 1. The lowest BCUT2D eigenvalue weighted by Crippen LogP contribution is -2.15. The average molecular weight is 328 g/mol. The molecule has 0 saturated carbocycles. The molecule has 0 spiro atoms. The molecule has 0 unspecified atom stereocenters. The van der Waals surface area contributed by atoms with Gasteiger partial charge >= 0.3 is 0 Å². The third kappa shape index (κ3) is 3.78. The van der Waals surface area contributed by atoms with E-state index in [1.54, 1.807) is 12.1 Å². The molecule has 2 aromatic rings. The number of hydrogen-bond acceptors (Lipinski definition) is 4. The molecule has 1 aliphatic carbocycles. The number of anilines is 1. The Morgan fingerprint density at radius 3 is 2.92 bits per heavy atom. The number of hydrogen-bond donors (Lipinski definition) is 1. The first-order chi connectivity index (χ1) is 11.7. The van der Waals surface area contributed by atoms with Crippen LogP contribution in [0.1, 0.15) is 54.7 Å². The van der Waals surface area contributed by atoms with E-state index in [2.05, 4.69) is 24.3 Å². The molecule has 24 heavy (non-hydrogen) atoms. The van der Waals surface area contributed by atoms with Gasteiger partial charge < -0.3 is 9.26 Å². The molecule has 1 N–H and O–H groups in total. The van der Waals surface area contributed by atoms with Crippen molar-refractivity contribution in [1.82, 2.24) is 5.16 Å². The van der Waals surface area contributed by atoms with Gasteiger partial charge in [-0.3, -0.25) is 10.1 Å². The molecule has 1 atom stereocenters. The summed E-state index contributed by atoms with van der Waals surface area (Å²) in [5.41, 5.74) is 2.59. The number of rotatable bonds is 6. The monoisotopic (exact) mass is 328 g/mol. The van der Waals surface area contributed by atoms with Gasteiger partial charge in [-0.25, -0.2) is 0 Å². The molecule has 0 bridgehead atoms. The molecule has 0 aliphatic heterocycles. The number of unbranched alkanes of at least 4 members (excludes halogenated alkanes) is 1. The summed E-state index contributed by atoms with van der Waals surface area (Å²) in [5, 5.41) is 6.93. The second kappa shape index (κ2) is 7.51. The summed E-state index contributed by atoms with van der Waals surface area (Å²) < 4.78 is 11.0. The van der Waals surface area contributed by atoms with Crippen molar-refractivity contribution in [3.8, 4) is 5.75 Å². The van der Waals surface area contributed by atoms with Gasteiger partial charge in [-0.15, -0.1) is 0 Å². The summed E-state index contributed by atoms with van der Waals surface area (Å²) in [4.78, 5) is 12.4. The van der Waals surface area contributed by atoms with E-state index in [4.69, 9.17) is 9.26 Å². The van der Waals surface area contributed by atoms with Crippen LogP contribution in [0.25, 0.3) is 0 Å². The number of amides is 1. The van der Waals surface area contributed by atoms with Crippen molar-refractivity contribution >= 4 is 11.8 Å². The molecule has 5 nitrogen and oxygen atoms in total. The van der Waals surface area contributed by atoms with Crippen molar-refractivity contribution in [2.24, 2.45) is 5.92 Å². The molecule has 0 fully saturated rings. The van der Waals surface area contributed by atoms with E-state index in [1.807, 2.05) is 12.1 Å². The SMILES string of the molecule is CCCCOc1ccc(C(=O)Nc2onc3c2C[C@H](C)CC3)cc1. The first-order valence-corrected chi connectivity index (χ1v) is 8.69. The van der Waals surface area contributed by atoms with Crippen LogP contribution in [-0.4, -0.2) is 17.7 Å². The maximum Gasteiger partial charge on any atom is 0.258 e. The largest absolute Gasteiger partial charge is 0.494 e. The molecule has 1 aromatic heterocycles. The number of fused-ring (bicyclic) bond motifs is 1. The maximum absolute atomic E-state index is 12.4. The van der Waals surface area contributed by atoms with Crippen molar-refractivity contribution in [3.63, 3.8) is 0 Å². The highest BCUT2D eigenvalue weighted by molar-refractivity contribution is 6.04. The van der Waals surface area contributed by atoms with E-state index < -0.39 is 0 Å². The number of benzene rings is 1. The van der Waals surface area contributed by atoms with Crippen LogP contribution >= 0.6 is 0 Å². The minimum absolute atomic E-state index is 0.188. The Hall–Kier alpha value is -2.30. The lowest BCUT2D eigenvalue weighted by molar-refractivity contribution is 0.102. The average Bonchev–Trinajstić information content (AvgIpc) is 2.98. The van der Waals surface area contributed by atoms with E-state index in [1.165, 1.54) is 0 Å². The highest BCUT2D eigenvalue weighted by atomic mass is 16.5. The Kier molecular flexibility index (Phi) is 5.18. The molecule has 0 radical (unpaired) electrons. The number of nitrogens with zero attached hydrogens (tertiary/aromatic N) is 1. The first-order valence-electron chi connectivity index (χ1n) is 8.69. The van der Waals surface area contributed by atoms with Gasteiger partial charge in [0.1, 0.15) is 5.75 Å². The van der Waals surface area contributed by atoms with E-state index in [0.717, 1.165) is 49.1 Å². The zero-order valence-electron chi connectivity index (χ0n) is 14.3. The summed E-state index contributed by atoms with van der Waals surface area (Å²) >= 11 is 0. The second-order valence-electron chi connectivity index (χ2n) is 6.47. The van der Waals surface area contributed by atoms with Crippen molar-refractivity contribution in [2.75, 3.05) is 11.9 Å². The molecule has 128 valence electrons.